The van der Waals surface area contributed by atoms with Gasteiger partial charge in [0.05, 0.1) is 40.7 Å². The maximum absolute atomic E-state index is 13.2. The molecule has 6 nitrogen and oxygen atoms in total. The van der Waals surface area contributed by atoms with E-state index in [1.807, 2.05) is 42.6 Å². The lowest BCUT2D eigenvalue weighted by Gasteiger charge is -2.09. The van der Waals surface area contributed by atoms with Crippen LogP contribution in [0, 0.1) is 13.8 Å². The second-order valence-electron chi connectivity index (χ2n) is 8.13. The Kier molecular flexibility index (Phi) is 6.61. The monoisotopic (exact) mass is 541 g/mol. The average Bonchev–Trinajstić information content (AvgIpc) is 3.59. The van der Waals surface area contributed by atoms with E-state index in [9.17, 15) is 13.2 Å². The zero-order chi connectivity index (χ0) is 26.2. The maximum Gasteiger partial charge on any atom is 0.416 e. The summed E-state index contributed by atoms with van der Waals surface area (Å²) in [6.07, 6.45) is -1.40. The molecule has 0 fully saturated rings. The van der Waals surface area contributed by atoms with E-state index >= 15 is 0 Å². The number of hydrogen-bond acceptors (Lipinski definition) is 5. The summed E-state index contributed by atoms with van der Waals surface area (Å²) in [5.41, 5.74) is 2.92. The lowest BCUT2D eigenvalue weighted by molar-refractivity contribution is -0.137. The number of alkyl halides is 3. The molecule has 0 N–H and O–H groups in total. The van der Waals surface area contributed by atoms with Crippen molar-refractivity contribution in [3.8, 4) is 17.1 Å². The largest absolute Gasteiger partial charge is 0.463 e. The van der Waals surface area contributed by atoms with Crippen molar-refractivity contribution in [1.82, 2.24) is 14.5 Å². The van der Waals surface area contributed by atoms with Gasteiger partial charge in [-0.3, -0.25) is 0 Å². The number of aromatic nitrogens is 3. The Labute approximate surface area is 218 Å². The highest BCUT2D eigenvalue weighted by Crippen LogP contribution is 2.31. The van der Waals surface area contributed by atoms with Crippen LogP contribution in [-0.4, -0.2) is 20.7 Å². The first-order valence-corrected chi connectivity index (χ1v) is 12.3. The van der Waals surface area contributed by atoms with E-state index in [1.165, 1.54) is 34.4 Å². The molecule has 2 aromatic carbocycles. The van der Waals surface area contributed by atoms with Crippen LogP contribution in [0.5, 0.6) is 0 Å². The van der Waals surface area contributed by atoms with Gasteiger partial charge in [-0.2, -0.15) is 23.4 Å². The second-order valence-corrected chi connectivity index (χ2v) is 9.33. The molecule has 0 unspecified atom stereocenters. The van der Waals surface area contributed by atoms with Gasteiger partial charge >= 0.3 is 6.18 Å². The van der Waals surface area contributed by atoms with Crippen LogP contribution in [0.15, 0.2) is 86.8 Å². The van der Waals surface area contributed by atoms with Gasteiger partial charge in [0.2, 0.25) is 4.80 Å². The smallest absolute Gasteiger partial charge is 0.416 e. The van der Waals surface area contributed by atoms with Crippen molar-refractivity contribution >= 4 is 34.8 Å². The third kappa shape index (κ3) is 5.16. The molecule has 0 atom stereocenters. The molecule has 0 radical (unpaired) electrons. The van der Waals surface area contributed by atoms with E-state index in [-0.39, 0.29) is 10.8 Å². The molecule has 0 bridgehead atoms. The molecule has 0 aliphatic rings. The standard InChI is InChI=1S/C26H19ClF3N5OS/c1-16-8-10-19(11-9-16)32-25-35(22(15-37-25)23-7-4-12-36-23)31-14-21-17(2)33-34(24(21)27)20-6-3-5-18(13-20)26(28,29)30/h3-15H,1-2H3/b31-14+,32-25?. The van der Waals surface area contributed by atoms with E-state index in [1.54, 1.807) is 23.9 Å². The zero-order valence-electron chi connectivity index (χ0n) is 19.6. The number of thiazole rings is 1. The lowest BCUT2D eigenvalue weighted by atomic mass is 10.2. The Morgan fingerprint density at radius 2 is 1.84 bits per heavy atom. The van der Waals surface area contributed by atoms with E-state index < -0.39 is 11.7 Å². The van der Waals surface area contributed by atoms with Crippen LogP contribution in [0.2, 0.25) is 5.15 Å². The first-order valence-electron chi connectivity index (χ1n) is 11.0. The summed E-state index contributed by atoms with van der Waals surface area (Å²) in [4.78, 5) is 5.31. The highest BCUT2D eigenvalue weighted by Gasteiger charge is 2.31. The van der Waals surface area contributed by atoms with Gasteiger partial charge in [-0.15, -0.1) is 11.3 Å². The molecule has 188 valence electrons. The quantitative estimate of drug-likeness (QED) is 0.218. The molecule has 5 rings (SSSR count). The fourth-order valence-electron chi connectivity index (χ4n) is 3.57. The summed E-state index contributed by atoms with van der Waals surface area (Å²) in [5.74, 6) is 0.598. The number of hydrogen-bond donors (Lipinski definition) is 0. The summed E-state index contributed by atoms with van der Waals surface area (Å²) in [7, 11) is 0. The van der Waals surface area contributed by atoms with Gasteiger partial charge in [0.15, 0.2) is 5.76 Å². The van der Waals surface area contributed by atoms with Crippen molar-refractivity contribution < 1.29 is 17.6 Å². The predicted molar refractivity (Wildman–Crippen MR) is 138 cm³/mol. The highest BCUT2D eigenvalue weighted by molar-refractivity contribution is 7.07. The first-order chi connectivity index (χ1) is 17.7. The predicted octanol–water partition coefficient (Wildman–Crippen LogP) is 7.40. The molecule has 0 aliphatic heterocycles. The molecule has 0 amide bonds. The molecule has 3 aromatic heterocycles. The number of furan rings is 1. The Morgan fingerprint density at radius 3 is 2.54 bits per heavy atom. The molecule has 37 heavy (non-hydrogen) atoms. The van der Waals surface area contributed by atoms with Crippen molar-refractivity contribution in [2.75, 3.05) is 0 Å². The van der Waals surface area contributed by atoms with Crippen LogP contribution in [0.3, 0.4) is 0 Å². The molecular weight excluding hydrogens is 523 g/mol. The zero-order valence-corrected chi connectivity index (χ0v) is 21.1. The van der Waals surface area contributed by atoms with Gasteiger partial charge in [0.1, 0.15) is 10.8 Å². The Bertz CT molecular complexity index is 1640. The van der Waals surface area contributed by atoms with Crippen molar-refractivity contribution in [3.63, 3.8) is 0 Å². The van der Waals surface area contributed by atoms with Gasteiger partial charge in [0, 0.05) is 5.38 Å². The second kappa shape index (κ2) is 9.87. The van der Waals surface area contributed by atoms with Gasteiger partial charge in [-0.25, -0.2) is 14.4 Å². The minimum absolute atomic E-state index is 0.132. The summed E-state index contributed by atoms with van der Waals surface area (Å²) in [5, 5.41) is 11.0. The molecule has 0 aliphatic carbocycles. The van der Waals surface area contributed by atoms with Crippen molar-refractivity contribution in [2.24, 2.45) is 10.1 Å². The maximum atomic E-state index is 13.2. The van der Waals surface area contributed by atoms with Gasteiger partial charge in [-0.05, 0) is 56.3 Å². The van der Waals surface area contributed by atoms with Crippen LogP contribution in [0.4, 0.5) is 18.9 Å². The third-order valence-corrected chi connectivity index (χ3v) is 6.67. The molecule has 11 heteroatoms. The van der Waals surface area contributed by atoms with E-state index in [0.717, 1.165) is 23.4 Å². The minimum atomic E-state index is -4.48. The number of nitrogens with zero attached hydrogens (tertiary/aromatic N) is 5. The Hall–Kier alpha value is -3.89. The highest BCUT2D eigenvalue weighted by atomic mass is 35.5. The summed E-state index contributed by atoms with van der Waals surface area (Å²) in [6, 6.07) is 16.2. The topological polar surface area (TPSA) is 60.6 Å². The summed E-state index contributed by atoms with van der Waals surface area (Å²) in [6.45, 7) is 3.71. The van der Waals surface area contributed by atoms with Crippen molar-refractivity contribution in [3.05, 3.63) is 105 Å². The SMILES string of the molecule is Cc1ccc(N=c2scc(-c3ccco3)n2/N=C/c2c(C)nn(-c3cccc(C(F)(F)F)c3)c2Cl)cc1. The van der Waals surface area contributed by atoms with Crippen LogP contribution < -0.4 is 4.80 Å². The van der Waals surface area contributed by atoms with Crippen molar-refractivity contribution in [1.29, 1.82) is 0 Å². The van der Waals surface area contributed by atoms with Gasteiger partial charge in [-0.1, -0.05) is 35.4 Å². The molecule has 3 heterocycles. The van der Waals surface area contributed by atoms with Gasteiger partial charge < -0.3 is 4.42 Å². The number of halogens is 4. The molecule has 0 saturated carbocycles. The fourth-order valence-corrected chi connectivity index (χ4v) is 4.73. The van der Waals surface area contributed by atoms with Crippen LogP contribution >= 0.6 is 22.9 Å². The molecular formula is C26H19ClF3N5OS. The van der Waals surface area contributed by atoms with E-state index in [4.69, 9.17) is 21.0 Å². The van der Waals surface area contributed by atoms with E-state index in [2.05, 4.69) is 10.2 Å². The van der Waals surface area contributed by atoms with Gasteiger partial charge in [0.25, 0.3) is 0 Å². The molecule has 0 spiro atoms. The fraction of sp³-hybridized carbons (Fsp3) is 0.115. The van der Waals surface area contributed by atoms with Crippen LogP contribution in [0.25, 0.3) is 17.1 Å². The first kappa shape index (κ1) is 24.8. The van der Waals surface area contributed by atoms with Crippen molar-refractivity contribution in [2.45, 2.75) is 20.0 Å². The number of aryl methyl sites for hydroxylation is 2. The van der Waals surface area contributed by atoms with Crippen LogP contribution in [-0.2, 0) is 6.18 Å². The Morgan fingerprint density at radius 1 is 1.05 bits per heavy atom. The normalized spacial score (nSPS) is 12.6. The van der Waals surface area contributed by atoms with Crippen LogP contribution in [0.1, 0.15) is 22.4 Å². The number of benzene rings is 2. The summed E-state index contributed by atoms with van der Waals surface area (Å²) >= 11 is 7.96. The third-order valence-electron chi connectivity index (χ3n) is 5.49. The summed E-state index contributed by atoms with van der Waals surface area (Å²) < 4.78 is 48.1. The lowest BCUT2D eigenvalue weighted by Crippen LogP contribution is -2.11. The molecule has 0 saturated heterocycles. The van der Waals surface area contributed by atoms with E-state index in [0.29, 0.717) is 27.5 Å². The average molecular weight is 542 g/mol. The number of rotatable bonds is 5. The Balaban J connectivity index is 1.58. The minimum Gasteiger partial charge on any atom is -0.463 e. The molecule has 5 aromatic rings.